The Morgan fingerprint density at radius 2 is 2.06 bits per heavy atom. The first-order valence-corrected chi connectivity index (χ1v) is 11.1. The maximum Gasteiger partial charge on any atom is 0.322 e. The number of aromatic amines is 1. The Morgan fingerprint density at radius 1 is 1.25 bits per heavy atom. The number of nitrogens with one attached hydrogen (secondary N) is 4. The standard InChI is InChI=1S/C23H24BN7O5/c1-13-16(3-2-4-17(13)28-23(35)31-11-15(12-31)36-24)18-9-19(22(34)30-29-18)27-20-6-5-14(10-26-20)21(33)25-7-8-32/h2-6,9-10,15,32H,7-8,11-12H2,1H3,(H,25,33)(H,28,35)(H,30,34)(H,26,27,29). The summed E-state index contributed by atoms with van der Waals surface area (Å²) in [6.07, 6.45) is 1.20. The van der Waals surface area contributed by atoms with Crippen LogP contribution in [0.25, 0.3) is 11.3 Å². The van der Waals surface area contributed by atoms with Gasteiger partial charge >= 0.3 is 6.03 Å². The van der Waals surface area contributed by atoms with Gasteiger partial charge in [0.25, 0.3) is 19.5 Å². The molecule has 1 aliphatic heterocycles. The summed E-state index contributed by atoms with van der Waals surface area (Å²) in [5.74, 6) is -0.0142. The van der Waals surface area contributed by atoms with E-state index in [1.807, 2.05) is 13.0 Å². The van der Waals surface area contributed by atoms with Crippen molar-refractivity contribution in [2.75, 3.05) is 36.9 Å². The Bertz CT molecular complexity index is 1310. The molecule has 1 saturated heterocycles. The lowest BCUT2D eigenvalue weighted by Crippen LogP contribution is -2.55. The molecule has 0 atom stereocenters. The van der Waals surface area contributed by atoms with Crippen LogP contribution in [0.5, 0.6) is 0 Å². The zero-order chi connectivity index (χ0) is 25.7. The summed E-state index contributed by atoms with van der Waals surface area (Å²) in [5, 5.41) is 23.8. The average Bonchev–Trinajstić information content (AvgIpc) is 2.85. The number of rotatable bonds is 8. The molecule has 184 valence electrons. The number of carbonyl (C=O) groups is 2. The topological polar surface area (TPSA) is 162 Å². The summed E-state index contributed by atoms with van der Waals surface area (Å²) in [6.45, 7) is 2.65. The number of pyridine rings is 1. The van der Waals surface area contributed by atoms with Crippen molar-refractivity contribution in [3.8, 4) is 11.3 Å². The Balaban J connectivity index is 1.50. The van der Waals surface area contributed by atoms with Gasteiger partial charge in [0.05, 0.1) is 24.0 Å². The summed E-state index contributed by atoms with van der Waals surface area (Å²) in [7, 11) is 5.14. The molecule has 0 aliphatic carbocycles. The highest BCUT2D eigenvalue weighted by Crippen LogP contribution is 2.28. The van der Waals surface area contributed by atoms with E-state index in [1.54, 1.807) is 35.2 Å². The Morgan fingerprint density at radius 3 is 2.75 bits per heavy atom. The molecule has 13 heteroatoms. The van der Waals surface area contributed by atoms with Crippen LogP contribution in [0.2, 0.25) is 0 Å². The third-order valence-electron chi connectivity index (χ3n) is 5.67. The summed E-state index contributed by atoms with van der Waals surface area (Å²) in [6, 6.07) is 9.81. The van der Waals surface area contributed by atoms with Crippen LogP contribution >= 0.6 is 0 Å². The van der Waals surface area contributed by atoms with E-state index >= 15 is 0 Å². The highest BCUT2D eigenvalue weighted by Gasteiger charge is 2.30. The molecule has 12 nitrogen and oxygen atoms in total. The highest BCUT2D eigenvalue weighted by atomic mass is 16.4. The van der Waals surface area contributed by atoms with Crippen LogP contribution in [-0.2, 0) is 4.65 Å². The second-order valence-corrected chi connectivity index (χ2v) is 8.10. The number of amides is 3. The predicted octanol–water partition coefficient (Wildman–Crippen LogP) is 0.922. The molecule has 0 spiro atoms. The van der Waals surface area contributed by atoms with Gasteiger partial charge in [-0.15, -0.1) is 0 Å². The molecule has 4 rings (SSSR count). The molecule has 1 fully saturated rings. The van der Waals surface area contributed by atoms with Gasteiger partial charge in [-0.25, -0.2) is 14.9 Å². The van der Waals surface area contributed by atoms with Gasteiger partial charge in [-0.05, 0) is 36.8 Å². The number of aliphatic hydroxyl groups excluding tert-OH is 1. The van der Waals surface area contributed by atoms with E-state index < -0.39 is 5.56 Å². The first kappa shape index (κ1) is 24.9. The van der Waals surface area contributed by atoms with Gasteiger partial charge in [-0.1, -0.05) is 12.1 Å². The second-order valence-electron chi connectivity index (χ2n) is 8.10. The van der Waals surface area contributed by atoms with E-state index in [-0.39, 0.29) is 36.9 Å². The van der Waals surface area contributed by atoms with E-state index in [1.165, 1.54) is 6.20 Å². The van der Waals surface area contributed by atoms with Crippen molar-refractivity contribution in [2.24, 2.45) is 0 Å². The van der Waals surface area contributed by atoms with Gasteiger partial charge < -0.3 is 30.6 Å². The smallest absolute Gasteiger partial charge is 0.322 e. The number of hydrogen-bond acceptors (Lipinski definition) is 8. The minimum atomic E-state index is -0.457. The van der Waals surface area contributed by atoms with E-state index in [2.05, 4.69) is 31.1 Å². The van der Waals surface area contributed by atoms with Crippen LogP contribution in [0.3, 0.4) is 0 Å². The summed E-state index contributed by atoms with van der Waals surface area (Å²) >= 11 is 0. The summed E-state index contributed by atoms with van der Waals surface area (Å²) in [4.78, 5) is 42.6. The van der Waals surface area contributed by atoms with Gasteiger partial charge in [-0.3, -0.25) is 9.59 Å². The van der Waals surface area contributed by atoms with Gasteiger partial charge in [0, 0.05) is 37.1 Å². The SMILES string of the molecule is [B]OC1CN(C(=O)Nc2cccc(-c3cc(Nc4ccc(C(=O)NCCO)cn4)c(=O)[nH]n3)c2C)C1. The number of aliphatic hydroxyl groups is 1. The first-order valence-electron chi connectivity index (χ1n) is 11.1. The summed E-state index contributed by atoms with van der Waals surface area (Å²) in [5.41, 5.74) is 2.62. The maximum absolute atomic E-state index is 12.5. The van der Waals surface area contributed by atoms with E-state index in [9.17, 15) is 14.4 Å². The van der Waals surface area contributed by atoms with Crippen LogP contribution in [-0.4, -0.2) is 77.5 Å². The molecule has 5 N–H and O–H groups in total. The van der Waals surface area contributed by atoms with Crippen LogP contribution in [0.4, 0.5) is 22.0 Å². The van der Waals surface area contributed by atoms with Crippen LogP contribution in [0, 0.1) is 6.92 Å². The van der Waals surface area contributed by atoms with Gasteiger partial charge in [-0.2, -0.15) is 5.10 Å². The lowest BCUT2D eigenvalue weighted by atomic mass is 10.0. The zero-order valence-electron chi connectivity index (χ0n) is 19.4. The normalized spacial score (nSPS) is 13.1. The quantitative estimate of drug-likeness (QED) is 0.292. The highest BCUT2D eigenvalue weighted by molar-refractivity contribution is 5.98. The number of hydrogen-bond donors (Lipinski definition) is 5. The molecule has 1 aliphatic rings. The number of carbonyl (C=O) groups excluding carboxylic acids is 2. The Hall–Kier alpha value is -4.23. The molecule has 0 unspecified atom stereocenters. The largest absolute Gasteiger partial charge is 0.442 e. The molecule has 1 aromatic carbocycles. The van der Waals surface area contributed by atoms with Crippen molar-refractivity contribution in [2.45, 2.75) is 13.0 Å². The number of nitrogens with zero attached hydrogens (tertiary/aromatic N) is 3. The molecule has 3 heterocycles. The monoisotopic (exact) mass is 489 g/mol. The molecular weight excluding hydrogens is 465 g/mol. The molecule has 0 saturated carbocycles. The third kappa shape index (κ3) is 5.53. The van der Waals surface area contributed by atoms with Crippen molar-refractivity contribution in [3.05, 3.63) is 64.1 Å². The molecule has 2 aromatic heterocycles. The fourth-order valence-corrected chi connectivity index (χ4v) is 3.58. The van der Waals surface area contributed by atoms with Gasteiger partial charge in [0.2, 0.25) is 0 Å². The third-order valence-corrected chi connectivity index (χ3v) is 5.67. The van der Waals surface area contributed by atoms with E-state index in [4.69, 9.17) is 17.8 Å². The van der Waals surface area contributed by atoms with Crippen molar-refractivity contribution in [1.82, 2.24) is 25.4 Å². The molecular formula is C23H24BN7O5. The van der Waals surface area contributed by atoms with Crippen molar-refractivity contribution < 1.29 is 19.3 Å². The van der Waals surface area contributed by atoms with Gasteiger partial charge in [0.15, 0.2) is 0 Å². The van der Waals surface area contributed by atoms with E-state index in [0.717, 1.165) is 5.56 Å². The zero-order valence-corrected chi connectivity index (χ0v) is 19.4. The molecule has 2 radical (unpaired) electrons. The number of aromatic nitrogens is 3. The molecule has 0 bridgehead atoms. The lowest BCUT2D eigenvalue weighted by molar-refractivity contribution is 0.0558. The van der Waals surface area contributed by atoms with Crippen molar-refractivity contribution in [3.63, 3.8) is 0 Å². The Kier molecular flexibility index (Phi) is 7.61. The second kappa shape index (κ2) is 11.0. The number of H-pyrrole nitrogens is 1. The Labute approximate surface area is 207 Å². The summed E-state index contributed by atoms with van der Waals surface area (Å²) < 4.78 is 4.72. The predicted molar refractivity (Wildman–Crippen MR) is 133 cm³/mol. The molecule has 3 amide bonds. The number of urea groups is 1. The number of anilines is 3. The minimum Gasteiger partial charge on any atom is -0.442 e. The minimum absolute atomic E-state index is 0.139. The van der Waals surface area contributed by atoms with Crippen LogP contribution < -0.4 is 21.5 Å². The molecule has 3 aromatic rings. The lowest BCUT2D eigenvalue weighted by Gasteiger charge is -2.38. The maximum atomic E-state index is 12.5. The van der Waals surface area contributed by atoms with Gasteiger partial charge in [0.1, 0.15) is 11.5 Å². The van der Waals surface area contributed by atoms with Crippen molar-refractivity contribution >= 4 is 37.2 Å². The fourth-order valence-electron chi connectivity index (χ4n) is 3.58. The average molecular weight is 489 g/mol. The van der Waals surface area contributed by atoms with Crippen molar-refractivity contribution in [1.29, 1.82) is 0 Å². The number of benzene rings is 1. The van der Waals surface area contributed by atoms with E-state index in [0.29, 0.717) is 41.4 Å². The fraction of sp³-hybridized carbons (Fsp3) is 0.261. The number of likely N-dealkylation sites (tertiary alicyclic amines) is 1. The molecule has 36 heavy (non-hydrogen) atoms. The van der Waals surface area contributed by atoms with Crippen LogP contribution in [0.1, 0.15) is 15.9 Å². The first-order chi connectivity index (χ1) is 17.4. The van der Waals surface area contributed by atoms with Crippen LogP contribution in [0.15, 0.2) is 47.4 Å².